The highest BCUT2D eigenvalue weighted by Crippen LogP contribution is 2.38. The summed E-state index contributed by atoms with van der Waals surface area (Å²) >= 11 is 0. The summed E-state index contributed by atoms with van der Waals surface area (Å²) in [5, 5.41) is 3.76. The zero-order chi connectivity index (χ0) is 17.4. The third-order valence-corrected chi connectivity index (χ3v) is 4.26. The van der Waals surface area contributed by atoms with Crippen molar-refractivity contribution >= 4 is 44.9 Å². The van der Waals surface area contributed by atoms with Gasteiger partial charge in [-0.3, -0.25) is 19.6 Å². The lowest BCUT2D eigenvalue weighted by molar-refractivity contribution is 0.0982. The van der Waals surface area contributed by atoms with Crippen LogP contribution >= 0.6 is 0 Å². The number of nitrogens with zero attached hydrogens (tertiary/aromatic N) is 1. The Hall–Kier alpha value is -2.58. The van der Waals surface area contributed by atoms with Gasteiger partial charge in [-0.05, 0) is 19.2 Å². The van der Waals surface area contributed by atoms with Crippen LogP contribution in [0.25, 0.3) is 10.8 Å². The van der Waals surface area contributed by atoms with Gasteiger partial charge in [0.25, 0.3) is 10.1 Å². The normalized spacial score (nSPS) is 11.3. The number of hydrogen-bond donors (Lipinski definition) is 2. The molecule has 8 heteroatoms. The van der Waals surface area contributed by atoms with Crippen molar-refractivity contribution in [3.05, 3.63) is 35.4 Å². The maximum Gasteiger partial charge on any atom is 0.297 e. The van der Waals surface area contributed by atoms with E-state index in [0.717, 1.165) is 0 Å². The minimum Gasteiger partial charge on any atom is -0.294 e. The Morgan fingerprint density at radius 2 is 1.61 bits per heavy atom. The van der Waals surface area contributed by atoms with Crippen LogP contribution in [0.4, 0.5) is 5.69 Å². The van der Waals surface area contributed by atoms with Crippen molar-refractivity contribution in [1.82, 2.24) is 0 Å². The molecule has 2 N–H and O–H groups in total. The fraction of sp³-hybridized carbons (Fsp3) is 0.133. The Bertz CT molecular complexity index is 948. The number of Topliss-reactive ketones (excluding diaryl/α,β-unsaturated/α-hetero) is 2. The number of nitrogens with one attached hydrogen (secondary N) is 1. The van der Waals surface area contributed by atoms with Gasteiger partial charge in [0.15, 0.2) is 11.6 Å². The molecule has 7 nitrogen and oxygen atoms in total. The van der Waals surface area contributed by atoms with Gasteiger partial charge in [0.05, 0.1) is 11.3 Å². The van der Waals surface area contributed by atoms with E-state index in [9.17, 15) is 22.6 Å². The molecule has 0 saturated heterocycles. The molecule has 0 fully saturated rings. The Kier molecular flexibility index (Phi) is 4.31. The van der Waals surface area contributed by atoms with E-state index in [2.05, 4.69) is 17.2 Å². The van der Waals surface area contributed by atoms with E-state index in [1.807, 2.05) is 0 Å². The van der Waals surface area contributed by atoms with Crippen LogP contribution in [0.1, 0.15) is 34.6 Å². The van der Waals surface area contributed by atoms with Crippen molar-refractivity contribution in [1.29, 1.82) is 0 Å². The molecule has 2 rings (SSSR count). The average Bonchev–Trinajstić information content (AvgIpc) is 2.44. The number of carbonyl (C=O) groups is 2. The third-order valence-electron chi connectivity index (χ3n) is 3.32. The first kappa shape index (κ1) is 16.8. The molecule has 0 unspecified atom stereocenters. The fourth-order valence-corrected chi connectivity index (χ4v) is 3.44. The lowest BCUT2D eigenvalue weighted by Gasteiger charge is -2.17. The third kappa shape index (κ3) is 2.86. The first-order valence-corrected chi connectivity index (χ1v) is 7.94. The summed E-state index contributed by atoms with van der Waals surface area (Å²) in [5.74, 6) is -0.961. The molecule has 0 aliphatic carbocycles. The zero-order valence-corrected chi connectivity index (χ0v) is 13.3. The Morgan fingerprint density at radius 3 is 2.04 bits per heavy atom. The summed E-state index contributed by atoms with van der Waals surface area (Å²) in [4.78, 5) is 23.6. The highest BCUT2D eigenvalue weighted by Gasteiger charge is 2.29. The number of hydrazone groups is 1. The Morgan fingerprint density at radius 1 is 1.09 bits per heavy atom. The average molecular weight is 334 g/mol. The van der Waals surface area contributed by atoms with Gasteiger partial charge in [0, 0.05) is 17.7 Å². The number of anilines is 1. The molecule has 0 amide bonds. The number of fused-ring (bicyclic) bond motifs is 1. The fourth-order valence-electron chi connectivity index (χ4n) is 2.58. The van der Waals surface area contributed by atoms with Crippen LogP contribution in [0, 0.1) is 0 Å². The molecule has 0 aromatic heterocycles. The predicted molar refractivity (Wildman–Crippen MR) is 86.9 cm³/mol. The van der Waals surface area contributed by atoms with Gasteiger partial charge in [-0.2, -0.15) is 13.5 Å². The molecule has 2 aromatic rings. The number of hydrogen-bond acceptors (Lipinski definition) is 6. The van der Waals surface area contributed by atoms with E-state index in [0.29, 0.717) is 0 Å². The lowest BCUT2D eigenvalue weighted by Crippen LogP contribution is -2.14. The van der Waals surface area contributed by atoms with E-state index < -0.39 is 26.6 Å². The van der Waals surface area contributed by atoms with Gasteiger partial charge in [-0.15, -0.1) is 0 Å². The van der Waals surface area contributed by atoms with Crippen LogP contribution in [0.15, 0.2) is 34.3 Å². The molecular weight excluding hydrogens is 320 g/mol. The van der Waals surface area contributed by atoms with Gasteiger partial charge in [0.2, 0.25) is 0 Å². The number of rotatable bonds is 5. The second kappa shape index (κ2) is 5.90. The molecule has 0 atom stereocenters. The van der Waals surface area contributed by atoms with E-state index in [1.165, 1.54) is 26.0 Å². The van der Waals surface area contributed by atoms with Crippen molar-refractivity contribution in [2.45, 2.75) is 18.7 Å². The highest BCUT2D eigenvalue weighted by molar-refractivity contribution is 7.86. The minimum atomic E-state index is -4.69. The number of benzene rings is 2. The Balaban J connectivity index is 3.25. The van der Waals surface area contributed by atoms with Gasteiger partial charge in [-0.25, -0.2) is 0 Å². The maximum absolute atomic E-state index is 12.1. The van der Waals surface area contributed by atoms with Crippen LogP contribution in [0.2, 0.25) is 0 Å². The summed E-state index contributed by atoms with van der Waals surface area (Å²) < 4.78 is 33.3. The Labute approximate surface area is 132 Å². The van der Waals surface area contributed by atoms with E-state index in [4.69, 9.17) is 0 Å². The smallest absolute Gasteiger partial charge is 0.294 e. The molecule has 0 aliphatic rings. The van der Waals surface area contributed by atoms with Crippen LogP contribution in [0.5, 0.6) is 0 Å². The first-order valence-electron chi connectivity index (χ1n) is 6.50. The van der Waals surface area contributed by atoms with Gasteiger partial charge >= 0.3 is 0 Å². The lowest BCUT2D eigenvalue weighted by atomic mass is 9.92. The zero-order valence-electron chi connectivity index (χ0n) is 12.5. The standard InChI is InChI=1S/C15H14N2O5S/c1-8(18)12-10-6-4-5-7-11(10)15(23(20,21)22)14(17-16-3)13(12)9(2)19/h4-7,17H,3H2,1-2H3,(H,20,21,22). The summed E-state index contributed by atoms with van der Waals surface area (Å²) in [5.41, 5.74) is 1.96. The summed E-state index contributed by atoms with van der Waals surface area (Å²) in [6.45, 7) is 5.66. The number of ketones is 2. The highest BCUT2D eigenvalue weighted by atomic mass is 32.2. The van der Waals surface area contributed by atoms with Crippen LogP contribution < -0.4 is 5.43 Å². The van der Waals surface area contributed by atoms with Crippen LogP contribution in [0.3, 0.4) is 0 Å². The summed E-state index contributed by atoms with van der Waals surface area (Å²) in [6, 6.07) is 6.10. The minimum absolute atomic E-state index is 0.0617. The molecule has 23 heavy (non-hydrogen) atoms. The van der Waals surface area contributed by atoms with Crippen molar-refractivity contribution in [2.24, 2.45) is 5.10 Å². The molecule has 0 aliphatic heterocycles. The topological polar surface area (TPSA) is 113 Å². The van der Waals surface area contributed by atoms with Crippen molar-refractivity contribution in [2.75, 3.05) is 5.43 Å². The van der Waals surface area contributed by atoms with Crippen LogP contribution in [-0.4, -0.2) is 31.3 Å². The largest absolute Gasteiger partial charge is 0.297 e. The molecule has 0 radical (unpaired) electrons. The maximum atomic E-state index is 12.1. The van der Waals surface area contributed by atoms with Crippen LogP contribution in [-0.2, 0) is 10.1 Å². The molecule has 2 aromatic carbocycles. The summed E-state index contributed by atoms with van der Waals surface area (Å²) in [7, 11) is -4.69. The predicted octanol–water partition coefficient (Wildman–Crippen LogP) is 2.52. The molecule has 0 heterocycles. The molecule has 0 saturated carbocycles. The molecular formula is C15H14N2O5S. The SMILES string of the molecule is C=NNc1c(C(C)=O)c(C(C)=O)c2ccccc2c1S(=O)(=O)O. The second-order valence-corrected chi connectivity index (χ2v) is 6.22. The van der Waals surface area contributed by atoms with E-state index in [-0.39, 0.29) is 27.6 Å². The van der Waals surface area contributed by atoms with Gasteiger partial charge in [0.1, 0.15) is 4.90 Å². The first-order chi connectivity index (χ1) is 10.7. The monoisotopic (exact) mass is 334 g/mol. The van der Waals surface area contributed by atoms with Gasteiger partial charge < -0.3 is 0 Å². The van der Waals surface area contributed by atoms with Crippen molar-refractivity contribution in [3.8, 4) is 0 Å². The second-order valence-electron chi connectivity index (χ2n) is 4.86. The van der Waals surface area contributed by atoms with Crippen molar-refractivity contribution < 1.29 is 22.6 Å². The number of carbonyl (C=O) groups excluding carboxylic acids is 2. The van der Waals surface area contributed by atoms with Gasteiger partial charge in [-0.1, -0.05) is 24.3 Å². The molecule has 120 valence electrons. The van der Waals surface area contributed by atoms with E-state index in [1.54, 1.807) is 12.1 Å². The molecule has 0 spiro atoms. The quantitative estimate of drug-likeness (QED) is 0.376. The summed E-state index contributed by atoms with van der Waals surface area (Å²) in [6.07, 6.45) is 0. The van der Waals surface area contributed by atoms with E-state index >= 15 is 0 Å². The molecule has 0 bridgehead atoms. The van der Waals surface area contributed by atoms with Crippen molar-refractivity contribution in [3.63, 3.8) is 0 Å².